The number of halogens is 1. The van der Waals surface area contributed by atoms with Crippen LogP contribution in [-0.4, -0.2) is 0 Å². The molecule has 2 heteroatoms. The van der Waals surface area contributed by atoms with Crippen molar-refractivity contribution in [1.29, 1.82) is 0 Å². The molecule has 102 valence electrons. The molecule has 1 unspecified atom stereocenters. The van der Waals surface area contributed by atoms with Crippen molar-refractivity contribution in [2.75, 3.05) is 0 Å². The van der Waals surface area contributed by atoms with Gasteiger partial charge in [-0.15, -0.1) is 22.9 Å². The molecule has 0 aliphatic rings. The molecule has 0 saturated carbocycles. The summed E-state index contributed by atoms with van der Waals surface area (Å²) in [7, 11) is 0. The Kier molecular flexibility index (Phi) is 4.37. The second-order valence-corrected chi connectivity index (χ2v) is 7.07. The Morgan fingerprint density at radius 1 is 1.16 bits per heavy atom. The molecule has 0 fully saturated rings. The first-order valence-corrected chi connectivity index (χ1v) is 8.06. The molecule has 0 radical (unpaired) electrons. The summed E-state index contributed by atoms with van der Waals surface area (Å²) in [6.45, 7) is 8.91. The fraction of sp³-hybridized carbons (Fsp3) is 0.412. The highest BCUT2D eigenvalue weighted by Gasteiger charge is 2.19. The summed E-state index contributed by atoms with van der Waals surface area (Å²) in [6, 6.07) is 10.9. The van der Waals surface area contributed by atoms with E-state index in [1.807, 2.05) is 0 Å². The molecule has 0 bridgehead atoms. The summed E-state index contributed by atoms with van der Waals surface area (Å²) < 4.78 is 0. The minimum atomic E-state index is -0.0289. The van der Waals surface area contributed by atoms with E-state index in [1.54, 1.807) is 11.3 Å². The topological polar surface area (TPSA) is 0 Å². The Balaban J connectivity index is 2.26. The van der Waals surface area contributed by atoms with Gasteiger partial charge < -0.3 is 0 Å². The van der Waals surface area contributed by atoms with E-state index in [2.05, 4.69) is 63.4 Å². The lowest BCUT2D eigenvalue weighted by Gasteiger charge is -2.23. The highest BCUT2D eigenvalue weighted by molar-refractivity contribution is 7.10. The van der Waals surface area contributed by atoms with Crippen LogP contribution in [0.15, 0.2) is 35.7 Å². The number of hydrogen-bond acceptors (Lipinski definition) is 1. The Morgan fingerprint density at radius 2 is 1.79 bits per heavy atom. The summed E-state index contributed by atoms with van der Waals surface area (Å²) in [5.41, 5.74) is 4.08. The van der Waals surface area contributed by atoms with E-state index >= 15 is 0 Å². The molecule has 2 rings (SSSR count). The monoisotopic (exact) mass is 292 g/mol. The van der Waals surface area contributed by atoms with Crippen molar-refractivity contribution in [3.05, 3.63) is 57.3 Å². The summed E-state index contributed by atoms with van der Waals surface area (Å²) in [5, 5.41) is 2.08. The third-order valence-electron chi connectivity index (χ3n) is 4.00. The lowest BCUT2D eigenvalue weighted by molar-refractivity contribution is 0.506. The lowest BCUT2D eigenvalue weighted by atomic mass is 9.82. The van der Waals surface area contributed by atoms with Crippen LogP contribution in [0.3, 0.4) is 0 Å². The molecule has 0 aliphatic heterocycles. The standard InChI is InChI=1S/C17H21ClS/c1-5-17(3,4)14-8-6-13(7-9-14)15(18)16-12(2)10-11-19-16/h6-11,15H,5H2,1-4H3. The molecule has 1 heterocycles. The molecule has 19 heavy (non-hydrogen) atoms. The predicted molar refractivity (Wildman–Crippen MR) is 86.5 cm³/mol. The van der Waals surface area contributed by atoms with E-state index in [-0.39, 0.29) is 10.8 Å². The molecule has 0 spiro atoms. The number of aryl methyl sites for hydroxylation is 1. The average molecular weight is 293 g/mol. The minimum absolute atomic E-state index is 0.0289. The Hall–Kier alpha value is -0.790. The Morgan fingerprint density at radius 3 is 2.26 bits per heavy atom. The van der Waals surface area contributed by atoms with Gasteiger partial charge in [0.2, 0.25) is 0 Å². The van der Waals surface area contributed by atoms with E-state index in [1.165, 1.54) is 21.6 Å². The maximum absolute atomic E-state index is 6.59. The van der Waals surface area contributed by atoms with Crippen LogP contribution < -0.4 is 0 Å². The molecule has 0 N–H and O–H groups in total. The maximum Gasteiger partial charge on any atom is 0.0930 e. The van der Waals surface area contributed by atoms with Gasteiger partial charge in [0, 0.05) is 4.88 Å². The number of alkyl halides is 1. The number of hydrogen-bond donors (Lipinski definition) is 0. The predicted octanol–water partition coefficient (Wildman–Crippen LogP) is 6.07. The molecule has 0 saturated heterocycles. The fourth-order valence-electron chi connectivity index (χ4n) is 2.10. The SMILES string of the molecule is CCC(C)(C)c1ccc(C(Cl)c2sccc2C)cc1. The van der Waals surface area contributed by atoms with E-state index in [0.29, 0.717) is 0 Å². The smallest absolute Gasteiger partial charge is 0.0930 e. The van der Waals surface area contributed by atoms with Gasteiger partial charge in [0.05, 0.1) is 5.38 Å². The maximum atomic E-state index is 6.59. The van der Waals surface area contributed by atoms with Gasteiger partial charge in [-0.2, -0.15) is 0 Å². The number of thiophene rings is 1. The normalized spacial score (nSPS) is 13.5. The van der Waals surface area contributed by atoms with Crippen LogP contribution in [0, 0.1) is 6.92 Å². The van der Waals surface area contributed by atoms with Crippen LogP contribution >= 0.6 is 22.9 Å². The molecule has 1 aromatic heterocycles. The summed E-state index contributed by atoms with van der Waals surface area (Å²) in [5.74, 6) is 0. The molecule has 1 aromatic carbocycles. The molecule has 0 nitrogen and oxygen atoms in total. The van der Waals surface area contributed by atoms with Crippen LogP contribution in [-0.2, 0) is 5.41 Å². The lowest BCUT2D eigenvalue weighted by Crippen LogP contribution is -2.15. The minimum Gasteiger partial charge on any atom is -0.147 e. The van der Waals surface area contributed by atoms with Gasteiger partial charge >= 0.3 is 0 Å². The quantitative estimate of drug-likeness (QED) is 0.600. The van der Waals surface area contributed by atoms with Gasteiger partial charge in [-0.05, 0) is 46.9 Å². The summed E-state index contributed by atoms with van der Waals surface area (Å²) in [6.07, 6.45) is 1.14. The van der Waals surface area contributed by atoms with Crippen LogP contribution in [0.1, 0.15) is 54.1 Å². The third-order valence-corrected chi connectivity index (χ3v) is 5.68. The Bertz CT molecular complexity index is 537. The van der Waals surface area contributed by atoms with Gasteiger partial charge in [0.1, 0.15) is 0 Å². The number of benzene rings is 1. The van der Waals surface area contributed by atoms with E-state index in [9.17, 15) is 0 Å². The third kappa shape index (κ3) is 3.04. The molecule has 0 aliphatic carbocycles. The van der Waals surface area contributed by atoms with Crippen molar-refractivity contribution in [3.63, 3.8) is 0 Å². The first kappa shape index (κ1) is 14.6. The molecule has 1 atom stereocenters. The molecular weight excluding hydrogens is 272 g/mol. The van der Waals surface area contributed by atoms with Crippen molar-refractivity contribution < 1.29 is 0 Å². The van der Waals surface area contributed by atoms with Crippen LogP contribution in [0.5, 0.6) is 0 Å². The molecule has 0 amide bonds. The van der Waals surface area contributed by atoms with Crippen molar-refractivity contribution in [3.8, 4) is 0 Å². The summed E-state index contributed by atoms with van der Waals surface area (Å²) >= 11 is 8.32. The second-order valence-electron chi connectivity index (χ2n) is 5.69. The summed E-state index contributed by atoms with van der Waals surface area (Å²) in [4.78, 5) is 1.25. The number of rotatable bonds is 4. The van der Waals surface area contributed by atoms with Gasteiger partial charge in [0.15, 0.2) is 0 Å². The molecular formula is C17H21ClS. The van der Waals surface area contributed by atoms with Gasteiger partial charge in [-0.1, -0.05) is 45.0 Å². The Labute approximate surface area is 125 Å². The zero-order chi connectivity index (χ0) is 14.0. The first-order chi connectivity index (χ1) is 8.95. The van der Waals surface area contributed by atoms with Crippen molar-refractivity contribution >= 4 is 22.9 Å². The first-order valence-electron chi connectivity index (χ1n) is 6.74. The van der Waals surface area contributed by atoms with E-state index in [4.69, 9.17) is 11.6 Å². The average Bonchev–Trinajstić information content (AvgIpc) is 2.84. The fourth-order valence-corrected chi connectivity index (χ4v) is 3.50. The zero-order valence-electron chi connectivity index (χ0n) is 12.0. The van der Waals surface area contributed by atoms with Crippen molar-refractivity contribution in [2.45, 2.75) is 44.9 Å². The van der Waals surface area contributed by atoms with E-state index in [0.717, 1.165) is 6.42 Å². The van der Waals surface area contributed by atoms with Crippen LogP contribution in [0.4, 0.5) is 0 Å². The van der Waals surface area contributed by atoms with Crippen LogP contribution in [0.2, 0.25) is 0 Å². The van der Waals surface area contributed by atoms with Crippen molar-refractivity contribution in [1.82, 2.24) is 0 Å². The van der Waals surface area contributed by atoms with Crippen molar-refractivity contribution in [2.24, 2.45) is 0 Å². The molecule has 2 aromatic rings. The van der Waals surface area contributed by atoms with Gasteiger partial charge in [-0.3, -0.25) is 0 Å². The second kappa shape index (κ2) is 5.68. The van der Waals surface area contributed by atoms with Gasteiger partial charge in [0.25, 0.3) is 0 Å². The highest BCUT2D eigenvalue weighted by atomic mass is 35.5. The van der Waals surface area contributed by atoms with E-state index < -0.39 is 0 Å². The van der Waals surface area contributed by atoms with Gasteiger partial charge in [-0.25, -0.2) is 0 Å². The zero-order valence-corrected chi connectivity index (χ0v) is 13.6. The largest absolute Gasteiger partial charge is 0.147 e. The van der Waals surface area contributed by atoms with Crippen LogP contribution in [0.25, 0.3) is 0 Å². The highest BCUT2D eigenvalue weighted by Crippen LogP contribution is 2.35.